The second kappa shape index (κ2) is 7.40. The van der Waals surface area contributed by atoms with Crippen LogP contribution in [0.2, 0.25) is 0 Å². The van der Waals surface area contributed by atoms with Gasteiger partial charge >= 0.3 is 0 Å². The first-order chi connectivity index (χ1) is 9.97. The first-order valence-corrected chi connectivity index (χ1v) is 9.86. The van der Waals surface area contributed by atoms with Crippen LogP contribution in [0.5, 0.6) is 0 Å². The van der Waals surface area contributed by atoms with Crippen molar-refractivity contribution in [1.82, 2.24) is 14.3 Å². The van der Waals surface area contributed by atoms with E-state index < -0.39 is 10.2 Å². The molecule has 0 spiro atoms. The minimum Gasteiger partial charge on any atom is -0.314 e. The summed E-state index contributed by atoms with van der Waals surface area (Å²) in [6, 6.07) is 0.691. The van der Waals surface area contributed by atoms with Gasteiger partial charge in [-0.25, -0.2) is 4.72 Å². The summed E-state index contributed by atoms with van der Waals surface area (Å²) in [5.74, 6) is 0. The summed E-state index contributed by atoms with van der Waals surface area (Å²) in [5, 5.41) is 3.41. The quantitative estimate of drug-likeness (QED) is 0.605. The molecular formula is C15H31N3O2S. The van der Waals surface area contributed by atoms with E-state index in [0.29, 0.717) is 19.1 Å². The average Bonchev–Trinajstić information content (AvgIpc) is 3.17. The number of nitrogens with zero attached hydrogens (tertiary/aromatic N) is 1. The van der Waals surface area contributed by atoms with Crippen molar-refractivity contribution in [3.63, 3.8) is 0 Å². The lowest BCUT2D eigenvalue weighted by atomic mass is 9.84. The normalized spacial score (nSPS) is 22.0. The molecule has 0 heterocycles. The molecule has 0 bridgehead atoms. The van der Waals surface area contributed by atoms with Crippen LogP contribution in [-0.4, -0.2) is 45.4 Å². The van der Waals surface area contributed by atoms with Crippen LogP contribution in [0.1, 0.15) is 58.3 Å². The standard InChI is InChI=1S/C15H31N3O2S/c1-3-15(9-4-5-10-15)13-17-21(19,20)18(2)12-6-11-16-14-7-8-14/h14,16-17H,3-13H2,1-2H3. The Morgan fingerprint density at radius 2 is 1.90 bits per heavy atom. The Balaban J connectivity index is 1.71. The third kappa shape index (κ3) is 5.20. The highest BCUT2D eigenvalue weighted by atomic mass is 32.2. The van der Waals surface area contributed by atoms with Gasteiger partial charge in [0, 0.05) is 26.2 Å². The van der Waals surface area contributed by atoms with Gasteiger partial charge < -0.3 is 5.32 Å². The van der Waals surface area contributed by atoms with Crippen LogP contribution in [0.3, 0.4) is 0 Å². The second-order valence-corrected chi connectivity index (χ2v) is 8.65. The van der Waals surface area contributed by atoms with Gasteiger partial charge in [0.25, 0.3) is 10.2 Å². The first-order valence-electron chi connectivity index (χ1n) is 8.42. The molecule has 21 heavy (non-hydrogen) atoms. The highest BCUT2D eigenvalue weighted by Gasteiger charge is 2.33. The predicted molar refractivity (Wildman–Crippen MR) is 86.4 cm³/mol. The summed E-state index contributed by atoms with van der Waals surface area (Å²) in [5.41, 5.74) is 0.196. The molecule has 124 valence electrons. The largest absolute Gasteiger partial charge is 0.314 e. The van der Waals surface area contributed by atoms with Crippen LogP contribution in [0, 0.1) is 5.41 Å². The van der Waals surface area contributed by atoms with E-state index in [1.807, 2.05) is 0 Å². The maximum atomic E-state index is 12.3. The van der Waals surface area contributed by atoms with E-state index in [1.165, 1.54) is 30.0 Å². The van der Waals surface area contributed by atoms with Crippen LogP contribution >= 0.6 is 0 Å². The summed E-state index contributed by atoms with van der Waals surface area (Å²) >= 11 is 0. The summed E-state index contributed by atoms with van der Waals surface area (Å²) in [4.78, 5) is 0. The molecule has 2 fully saturated rings. The van der Waals surface area contributed by atoms with E-state index in [9.17, 15) is 8.42 Å². The fraction of sp³-hybridized carbons (Fsp3) is 1.00. The predicted octanol–water partition coefficient (Wildman–Crippen LogP) is 1.87. The third-order valence-electron chi connectivity index (χ3n) is 5.11. The Morgan fingerprint density at radius 3 is 2.48 bits per heavy atom. The lowest BCUT2D eigenvalue weighted by Gasteiger charge is -2.29. The van der Waals surface area contributed by atoms with Crippen molar-refractivity contribution in [3.05, 3.63) is 0 Å². The van der Waals surface area contributed by atoms with Crippen molar-refractivity contribution < 1.29 is 8.42 Å². The topological polar surface area (TPSA) is 61.4 Å². The van der Waals surface area contributed by atoms with Crippen molar-refractivity contribution in [2.45, 2.75) is 64.3 Å². The fourth-order valence-corrected chi connectivity index (χ4v) is 4.23. The van der Waals surface area contributed by atoms with Gasteiger partial charge in [0.1, 0.15) is 0 Å². The average molecular weight is 317 g/mol. The molecule has 2 saturated carbocycles. The van der Waals surface area contributed by atoms with E-state index in [0.717, 1.165) is 32.2 Å². The molecule has 0 saturated heterocycles. The van der Waals surface area contributed by atoms with Gasteiger partial charge in [-0.15, -0.1) is 0 Å². The Hall–Kier alpha value is -0.170. The zero-order valence-corrected chi connectivity index (χ0v) is 14.3. The Labute approximate surface area is 130 Å². The van der Waals surface area contributed by atoms with Gasteiger partial charge in [-0.1, -0.05) is 19.8 Å². The monoisotopic (exact) mass is 317 g/mol. The summed E-state index contributed by atoms with van der Waals surface area (Å²) in [6.45, 7) is 4.25. The van der Waals surface area contributed by atoms with Gasteiger partial charge in [0.15, 0.2) is 0 Å². The van der Waals surface area contributed by atoms with E-state index in [2.05, 4.69) is 17.0 Å². The molecule has 0 aliphatic heterocycles. The molecule has 0 aromatic carbocycles. The maximum absolute atomic E-state index is 12.3. The fourth-order valence-electron chi connectivity index (χ4n) is 3.15. The highest BCUT2D eigenvalue weighted by Crippen LogP contribution is 2.40. The lowest BCUT2D eigenvalue weighted by molar-refractivity contribution is 0.282. The van der Waals surface area contributed by atoms with Crippen LogP contribution < -0.4 is 10.0 Å². The van der Waals surface area contributed by atoms with Gasteiger partial charge in [0.05, 0.1) is 0 Å². The summed E-state index contributed by atoms with van der Waals surface area (Å²) in [6.07, 6.45) is 9.25. The Kier molecular flexibility index (Phi) is 6.05. The molecule has 2 rings (SSSR count). The zero-order valence-electron chi connectivity index (χ0n) is 13.5. The molecule has 6 heteroatoms. The molecule has 0 atom stereocenters. The number of hydrogen-bond acceptors (Lipinski definition) is 3. The molecule has 2 N–H and O–H groups in total. The van der Waals surface area contributed by atoms with Crippen molar-refractivity contribution in [3.8, 4) is 0 Å². The van der Waals surface area contributed by atoms with E-state index in [4.69, 9.17) is 0 Å². The van der Waals surface area contributed by atoms with E-state index in [1.54, 1.807) is 7.05 Å². The third-order valence-corrected chi connectivity index (χ3v) is 6.63. The van der Waals surface area contributed by atoms with Gasteiger partial charge in [-0.3, -0.25) is 0 Å². The molecular weight excluding hydrogens is 286 g/mol. The minimum atomic E-state index is -3.33. The van der Waals surface area contributed by atoms with Crippen molar-refractivity contribution in [2.75, 3.05) is 26.7 Å². The number of rotatable bonds is 10. The minimum absolute atomic E-state index is 0.196. The van der Waals surface area contributed by atoms with E-state index >= 15 is 0 Å². The smallest absolute Gasteiger partial charge is 0.279 e. The molecule has 5 nitrogen and oxygen atoms in total. The van der Waals surface area contributed by atoms with Gasteiger partial charge in [-0.2, -0.15) is 12.7 Å². The van der Waals surface area contributed by atoms with E-state index in [-0.39, 0.29) is 5.41 Å². The Bertz CT molecular complexity index is 415. The molecule has 0 aromatic rings. The SMILES string of the molecule is CCC1(CNS(=O)(=O)N(C)CCCNC2CC2)CCCC1. The van der Waals surface area contributed by atoms with Crippen LogP contribution in [0.25, 0.3) is 0 Å². The molecule has 0 unspecified atom stereocenters. The van der Waals surface area contributed by atoms with Crippen LogP contribution in [0.15, 0.2) is 0 Å². The van der Waals surface area contributed by atoms with Crippen molar-refractivity contribution in [1.29, 1.82) is 0 Å². The van der Waals surface area contributed by atoms with Crippen LogP contribution in [0.4, 0.5) is 0 Å². The Morgan fingerprint density at radius 1 is 1.24 bits per heavy atom. The summed E-state index contributed by atoms with van der Waals surface area (Å²) < 4.78 is 28.9. The molecule has 0 radical (unpaired) electrons. The van der Waals surface area contributed by atoms with Crippen molar-refractivity contribution >= 4 is 10.2 Å². The molecule has 0 aromatic heterocycles. The second-order valence-electron chi connectivity index (χ2n) is 6.79. The number of hydrogen-bond donors (Lipinski definition) is 2. The maximum Gasteiger partial charge on any atom is 0.279 e. The molecule has 2 aliphatic rings. The molecule has 0 amide bonds. The zero-order chi connectivity index (χ0) is 15.3. The molecule has 2 aliphatic carbocycles. The highest BCUT2D eigenvalue weighted by molar-refractivity contribution is 7.87. The van der Waals surface area contributed by atoms with Crippen LogP contribution in [-0.2, 0) is 10.2 Å². The number of nitrogens with one attached hydrogen (secondary N) is 2. The van der Waals surface area contributed by atoms with Gasteiger partial charge in [0.2, 0.25) is 0 Å². The van der Waals surface area contributed by atoms with Crippen molar-refractivity contribution in [2.24, 2.45) is 5.41 Å². The summed E-state index contributed by atoms with van der Waals surface area (Å²) in [7, 11) is -1.65. The lowest BCUT2D eigenvalue weighted by Crippen LogP contribution is -2.43. The van der Waals surface area contributed by atoms with Gasteiger partial charge in [-0.05, 0) is 50.5 Å². The first kappa shape index (κ1) is 17.2.